The normalized spacial score (nSPS) is 19.7. The number of halogens is 1. The molecule has 1 unspecified atom stereocenters. The summed E-state index contributed by atoms with van der Waals surface area (Å²) in [6.07, 6.45) is 7.48. The van der Waals surface area contributed by atoms with Crippen LogP contribution in [-0.2, 0) is 4.74 Å². The fourth-order valence-electron chi connectivity index (χ4n) is 1.45. The minimum Gasteiger partial charge on any atom is -0.497 e. The molecule has 2 rings (SSSR count). The highest BCUT2D eigenvalue weighted by atomic mass is 19.1. The molecular weight excluding hydrogens is 195 g/mol. The summed E-state index contributed by atoms with van der Waals surface area (Å²) in [5, 5.41) is 3.15. The average molecular weight is 208 g/mol. The third kappa shape index (κ3) is 2.94. The van der Waals surface area contributed by atoms with E-state index in [2.05, 4.69) is 10.3 Å². The van der Waals surface area contributed by atoms with Gasteiger partial charge in [-0.05, 0) is 31.1 Å². The predicted molar refractivity (Wildman–Crippen MR) is 55.9 cm³/mol. The van der Waals surface area contributed by atoms with Gasteiger partial charge in [-0.2, -0.15) is 4.39 Å². The van der Waals surface area contributed by atoms with Gasteiger partial charge < -0.3 is 10.1 Å². The molecule has 0 saturated heterocycles. The van der Waals surface area contributed by atoms with Gasteiger partial charge in [0.2, 0.25) is 5.95 Å². The van der Waals surface area contributed by atoms with Crippen LogP contribution in [0.4, 0.5) is 10.1 Å². The molecule has 0 spiro atoms. The van der Waals surface area contributed by atoms with Crippen LogP contribution < -0.4 is 5.32 Å². The van der Waals surface area contributed by atoms with Gasteiger partial charge in [0.1, 0.15) is 6.10 Å². The van der Waals surface area contributed by atoms with E-state index in [1.807, 2.05) is 6.08 Å². The van der Waals surface area contributed by atoms with E-state index in [9.17, 15) is 4.39 Å². The highest BCUT2D eigenvalue weighted by molar-refractivity contribution is 5.39. The van der Waals surface area contributed by atoms with Gasteiger partial charge in [0.05, 0.1) is 24.7 Å². The Balaban J connectivity index is 1.82. The first kappa shape index (κ1) is 9.96. The van der Waals surface area contributed by atoms with Crippen molar-refractivity contribution in [3.05, 3.63) is 36.6 Å². The Morgan fingerprint density at radius 1 is 1.53 bits per heavy atom. The van der Waals surface area contributed by atoms with Gasteiger partial charge in [-0.1, -0.05) is 0 Å². The maximum Gasteiger partial charge on any atom is 0.212 e. The number of ether oxygens (including phenoxy) is 1. The van der Waals surface area contributed by atoms with Gasteiger partial charge in [-0.25, -0.2) is 4.98 Å². The molecule has 4 heteroatoms. The molecule has 0 aromatic carbocycles. The molecule has 1 aromatic rings. The molecule has 15 heavy (non-hydrogen) atoms. The summed E-state index contributed by atoms with van der Waals surface area (Å²) >= 11 is 0. The topological polar surface area (TPSA) is 34.1 Å². The molecular formula is C11H13FN2O. The van der Waals surface area contributed by atoms with E-state index in [4.69, 9.17) is 4.74 Å². The lowest BCUT2D eigenvalue weighted by atomic mass is 10.1. The van der Waals surface area contributed by atoms with E-state index in [0.29, 0.717) is 0 Å². The van der Waals surface area contributed by atoms with Gasteiger partial charge in [0, 0.05) is 0 Å². The molecule has 0 amide bonds. The summed E-state index contributed by atoms with van der Waals surface area (Å²) in [5.41, 5.74) is 0.814. The van der Waals surface area contributed by atoms with E-state index in [0.717, 1.165) is 25.1 Å². The Labute approximate surface area is 88.0 Å². The Kier molecular flexibility index (Phi) is 3.17. The molecule has 0 fully saturated rings. The summed E-state index contributed by atoms with van der Waals surface area (Å²) < 4.78 is 17.9. The number of hydrogen-bond acceptors (Lipinski definition) is 3. The molecule has 0 radical (unpaired) electrons. The largest absolute Gasteiger partial charge is 0.497 e. The fourth-order valence-corrected chi connectivity index (χ4v) is 1.45. The Morgan fingerprint density at radius 2 is 2.47 bits per heavy atom. The SMILES string of the molecule is Fc1ccc(NCC2CCC=CO2)cn1. The summed E-state index contributed by atoms with van der Waals surface area (Å²) in [6, 6.07) is 3.00. The quantitative estimate of drug-likeness (QED) is 0.774. The van der Waals surface area contributed by atoms with E-state index in [-0.39, 0.29) is 6.10 Å². The molecule has 1 N–H and O–H groups in total. The van der Waals surface area contributed by atoms with Crippen LogP contribution >= 0.6 is 0 Å². The first-order valence-corrected chi connectivity index (χ1v) is 5.00. The Hall–Kier alpha value is -1.58. The van der Waals surface area contributed by atoms with Crippen molar-refractivity contribution in [1.82, 2.24) is 4.98 Å². The van der Waals surface area contributed by atoms with Gasteiger partial charge in [-0.3, -0.25) is 0 Å². The van der Waals surface area contributed by atoms with Gasteiger partial charge in [-0.15, -0.1) is 0 Å². The molecule has 1 aliphatic heterocycles. The maximum atomic E-state index is 12.5. The second kappa shape index (κ2) is 4.77. The van der Waals surface area contributed by atoms with Crippen molar-refractivity contribution in [2.24, 2.45) is 0 Å². The van der Waals surface area contributed by atoms with Crippen LogP contribution in [0.25, 0.3) is 0 Å². The zero-order valence-corrected chi connectivity index (χ0v) is 8.32. The summed E-state index contributed by atoms with van der Waals surface area (Å²) in [6.45, 7) is 0.720. The monoisotopic (exact) mass is 208 g/mol. The zero-order chi connectivity index (χ0) is 10.5. The lowest BCUT2D eigenvalue weighted by Crippen LogP contribution is -2.22. The molecule has 1 atom stereocenters. The van der Waals surface area contributed by atoms with Crippen LogP contribution in [0.2, 0.25) is 0 Å². The summed E-state index contributed by atoms with van der Waals surface area (Å²) in [4.78, 5) is 3.56. The molecule has 1 aromatic heterocycles. The van der Waals surface area contributed by atoms with Crippen LogP contribution in [0.5, 0.6) is 0 Å². The number of aromatic nitrogens is 1. The minimum absolute atomic E-state index is 0.194. The van der Waals surface area contributed by atoms with E-state index in [1.54, 1.807) is 12.3 Å². The second-order valence-electron chi connectivity index (χ2n) is 3.46. The number of nitrogens with one attached hydrogen (secondary N) is 1. The minimum atomic E-state index is -0.461. The van der Waals surface area contributed by atoms with Gasteiger partial charge in [0.25, 0.3) is 0 Å². The van der Waals surface area contributed by atoms with Crippen LogP contribution in [0.15, 0.2) is 30.7 Å². The van der Waals surface area contributed by atoms with Crippen molar-refractivity contribution in [1.29, 1.82) is 0 Å². The lowest BCUT2D eigenvalue weighted by Gasteiger charge is -2.20. The van der Waals surface area contributed by atoms with Crippen LogP contribution in [0.3, 0.4) is 0 Å². The summed E-state index contributed by atoms with van der Waals surface area (Å²) in [5.74, 6) is -0.461. The van der Waals surface area contributed by atoms with Gasteiger partial charge >= 0.3 is 0 Å². The number of nitrogens with zero attached hydrogens (tertiary/aromatic N) is 1. The molecule has 1 aliphatic rings. The van der Waals surface area contributed by atoms with E-state index < -0.39 is 5.95 Å². The Morgan fingerprint density at radius 3 is 3.13 bits per heavy atom. The van der Waals surface area contributed by atoms with Crippen molar-refractivity contribution >= 4 is 5.69 Å². The first-order chi connectivity index (χ1) is 7.34. The number of rotatable bonds is 3. The second-order valence-corrected chi connectivity index (χ2v) is 3.46. The number of pyridine rings is 1. The first-order valence-electron chi connectivity index (χ1n) is 5.00. The fraction of sp³-hybridized carbons (Fsp3) is 0.364. The standard InChI is InChI=1S/C11H13FN2O/c12-11-5-4-9(7-14-11)13-8-10-3-1-2-6-15-10/h2,4-7,10,13H,1,3,8H2. The smallest absolute Gasteiger partial charge is 0.212 e. The van der Waals surface area contributed by atoms with Crippen LogP contribution in [-0.4, -0.2) is 17.6 Å². The van der Waals surface area contributed by atoms with E-state index in [1.165, 1.54) is 12.3 Å². The molecule has 80 valence electrons. The third-order valence-electron chi connectivity index (χ3n) is 2.28. The van der Waals surface area contributed by atoms with Gasteiger partial charge in [0.15, 0.2) is 0 Å². The highest BCUT2D eigenvalue weighted by Crippen LogP contribution is 2.12. The predicted octanol–water partition coefficient (Wildman–Crippen LogP) is 2.33. The highest BCUT2D eigenvalue weighted by Gasteiger charge is 2.10. The maximum absolute atomic E-state index is 12.5. The molecule has 0 aliphatic carbocycles. The molecule has 0 saturated carbocycles. The summed E-state index contributed by atoms with van der Waals surface area (Å²) in [7, 11) is 0. The number of anilines is 1. The number of hydrogen-bond donors (Lipinski definition) is 1. The average Bonchev–Trinajstić information content (AvgIpc) is 2.30. The van der Waals surface area contributed by atoms with Crippen molar-refractivity contribution < 1.29 is 9.13 Å². The van der Waals surface area contributed by atoms with Crippen molar-refractivity contribution in [3.63, 3.8) is 0 Å². The lowest BCUT2D eigenvalue weighted by molar-refractivity contribution is 0.135. The molecule has 3 nitrogen and oxygen atoms in total. The molecule has 2 heterocycles. The van der Waals surface area contributed by atoms with Crippen LogP contribution in [0, 0.1) is 5.95 Å². The van der Waals surface area contributed by atoms with Crippen molar-refractivity contribution in [2.75, 3.05) is 11.9 Å². The van der Waals surface area contributed by atoms with Crippen molar-refractivity contribution in [2.45, 2.75) is 18.9 Å². The zero-order valence-electron chi connectivity index (χ0n) is 8.32. The van der Waals surface area contributed by atoms with Crippen LogP contribution in [0.1, 0.15) is 12.8 Å². The molecule has 0 bridgehead atoms. The van der Waals surface area contributed by atoms with E-state index >= 15 is 0 Å². The Bertz CT molecular complexity index is 337. The van der Waals surface area contributed by atoms with Crippen molar-refractivity contribution in [3.8, 4) is 0 Å². The third-order valence-corrected chi connectivity index (χ3v) is 2.28. The number of allylic oxidation sites excluding steroid dienone is 1.